The molecule has 44 heavy (non-hydrogen) atoms. The summed E-state index contributed by atoms with van der Waals surface area (Å²) in [7, 11) is 0. The molecule has 0 aromatic rings. The first-order valence-electron chi connectivity index (χ1n) is 17.9. The van der Waals surface area contributed by atoms with Crippen LogP contribution in [0.1, 0.15) is 149 Å². The van der Waals surface area contributed by atoms with Crippen molar-refractivity contribution in [2.45, 2.75) is 174 Å². The molecule has 1 unspecified atom stereocenters. The van der Waals surface area contributed by atoms with Gasteiger partial charge in [-0.15, -0.1) is 0 Å². The Labute approximate surface area is 268 Å². The molecule has 1 saturated carbocycles. The van der Waals surface area contributed by atoms with E-state index in [0.29, 0.717) is 25.7 Å². The van der Waals surface area contributed by atoms with Crippen LogP contribution in [-0.4, -0.2) is 70.0 Å². The molecule has 0 spiro atoms. The van der Waals surface area contributed by atoms with Crippen molar-refractivity contribution in [3.8, 4) is 0 Å². The molecule has 0 aliphatic heterocycles. The van der Waals surface area contributed by atoms with E-state index in [0.717, 1.165) is 70.1 Å². The molecule has 258 valence electrons. The van der Waals surface area contributed by atoms with Crippen molar-refractivity contribution in [1.29, 1.82) is 0 Å². The minimum atomic E-state index is -1.03. The molecule has 0 saturated heterocycles. The van der Waals surface area contributed by atoms with Crippen molar-refractivity contribution >= 4 is 11.9 Å². The number of hydrogen-bond donors (Lipinski definition) is 4. The lowest BCUT2D eigenvalue weighted by Crippen LogP contribution is -2.25. The number of carbonyl (C=O) groups is 2. The van der Waals surface area contributed by atoms with Gasteiger partial charge in [0, 0.05) is 25.2 Å². The average Bonchev–Trinajstić information content (AvgIpc) is 3.27. The molecule has 0 aromatic carbocycles. The van der Waals surface area contributed by atoms with Crippen LogP contribution >= 0.6 is 0 Å². The van der Waals surface area contributed by atoms with Gasteiger partial charge >= 0.3 is 11.9 Å². The predicted molar refractivity (Wildman–Crippen MR) is 175 cm³/mol. The van der Waals surface area contributed by atoms with Gasteiger partial charge in [0.15, 0.2) is 0 Å². The summed E-state index contributed by atoms with van der Waals surface area (Å²) < 4.78 is 10.3. The van der Waals surface area contributed by atoms with Crippen molar-refractivity contribution in [2.24, 2.45) is 17.8 Å². The standard InChI is InChI=1S/C36H66O8/c1-4-6-13-19-29(37)23-24-32-31(33(39)25-34(32)40)20-15-11-12-17-22-36(42)44-27-30(38)26-43-35(41)21-16-10-8-7-9-14-18-28(3)5-2/h23-24,28-34,37-40H,4-22,25-27H2,1-3H3/b24-23+/t28?,29-,30-,31+,32+,33-,34+/m0/s1. The second-order valence-corrected chi connectivity index (χ2v) is 13.2. The molecule has 0 bridgehead atoms. The van der Waals surface area contributed by atoms with E-state index in [-0.39, 0.29) is 43.4 Å². The molecular weight excluding hydrogens is 560 g/mol. The maximum absolute atomic E-state index is 12.0. The van der Waals surface area contributed by atoms with Crippen LogP contribution in [0.15, 0.2) is 12.2 Å². The third-order valence-electron chi connectivity index (χ3n) is 9.14. The van der Waals surface area contributed by atoms with Gasteiger partial charge in [-0.2, -0.15) is 0 Å². The summed E-state index contributed by atoms with van der Waals surface area (Å²) in [5.74, 6) is -0.0698. The van der Waals surface area contributed by atoms with Crippen molar-refractivity contribution in [1.82, 2.24) is 0 Å². The second kappa shape index (κ2) is 25.7. The van der Waals surface area contributed by atoms with E-state index in [9.17, 15) is 30.0 Å². The van der Waals surface area contributed by atoms with E-state index in [4.69, 9.17) is 9.47 Å². The quantitative estimate of drug-likeness (QED) is 0.0445. The fraction of sp³-hybridized carbons (Fsp3) is 0.889. The van der Waals surface area contributed by atoms with Gasteiger partial charge in [0.05, 0.1) is 18.3 Å². The van der Waals surface area contributed by atoms with Crippen molar-refractivity contribution in [3.63, 3.8) is 0 Å². The Morgan fingerprint density at radius 1 is 0.750 bits per heavy atom. The van der Waals surface area contributed by atoms with Gasteiger partial charge in [-0.25, -0.2) is 0 Å². The first-order chi connectivity index (χ1) is 21.2. The molecule has 1 aliphatic carbocycles. The van der Waals surface area contributed by atoms with Gasteiger partial charge in [0.2, 0.25) is 0 Å². The lowest BCUT2D eigenvalue weighted by molar-refractivity contribution is -0.152. The Hall–Kier alpha value is -1.48. The molecule has 4 N–H and O–H groups in total. The summed E-state index contributed by atoms with van der Waals surface area (Å²) in [4.78, 5) is 24.0. The Kier molecular flexibility index (Phi) is 23.7. The first-order valence-corrected chi connectivity index (χ1v) is 17.9. The van der Waals surface area contributed by atoms with Gasteiger partial charge in [-0.3, -0.25) is 9.59 Å². The summed E-state index contributed by atoms with van der Waals surface area (Å²) in [5, 5.41) is 41.1. The highest BCUT2D eigenvalue weighted by atomic mass is 16.6. The third kappa shape index (κ3) is 19.8. The van der Waals surface area contributed by atoms with E-state index < -0.39 is 24.4 Å². The normalized spacial score (nSPS) is 22.2. The SMILES string of the molecule is CCCCC[C@H](O)/C=C/[C@@H]1[C@@H](CCCCCCC(=O)OC[C@@H](O)COC(=O)CCCCCCCCC(C)CC)[C@@H](O)C[C@H]1O. The minimum Gasteiger partial charge on any atom is -0.463 e. The summed E-state index contributed by atoms with van der Waals surface area (Å²) in [6, 6.07) is 0. The number of unbranched alkanes of at least 4 members (excludes halogenated alkanes) is 10. The number of aliphatic hydroxyl groups excluding tert-OH is 4. The molecule has 8 heteroatoms. The lowest BCUT2D eigenvalue weighted by Gasteiger charge is -2.21. The van der Waals surface area contributed by atoms with Crippen molar-refractivity contribution in [3.05, 3.63) is 12.2 Å². The molecule has 1 aliphatic rings. The molecule has 0 aromatic heterocycles. The van der Waals surface area contributed by atoms with Gasteiger partial charge in [0.1, 0.15) is 19.3 Å². The zero-order chi connectivity index (χ0) is 32.6. The molecule has 8 nitrogen and oxygen atoms in total. The van der Waals surface area contributed by atoms with E-state index in [1.165, 1.54) is 32.1 Å². The monoisotopic (exact) mass is 626 g/mol. The number of esters is 2. The van der Waals surface area contributed by atoms with E-state index in [2.05, 4.69) is 20.8 Å². The highest BCUT2D eigenvalue weighted by molar-refractivity contribution is 5.69. The van der Waals surface area contributed by atoms with Crippen molar-refractivity contribution < 1.29 is 39.5 Å². The van der Waals surface area contributed by atoms with Crippen LogP contribution in [0.2, 0.25) is 0 Å². The zero-order valence-electron chi connectivity index (χ0n) is 28.2. The molecule has 0 heterocycles. The average molecular weight is 627 g/mol. The van der Waals surface area contributed by atoms with Gasteiger partial charge in [-0.05, 0) is 37.5 Å². The summed E-state index contributed by atoms with van der Waals surface area (Å²) in [6.45, 7) is 6.30. The van der Waals surface area contributed by atoms with Crippen LogP contribution in [-0.2, 0) is 19.1 Å². The fourth-order valence-corrected chi connectivity index (χ4v) is 5.98. The van der Waals surface area contributed by atoms with Crippen molar-refractivity contribution in [2.75, 3.05) is 13.2 Å². The highest BCUT2D eigenvalue weighted by Crippen LogP contribution is 2.37. The van der Waals surface area contributed by atoms with Crippen LogP contribution in [0.3, 0.4) is 0 Å². The maximum Gasteiger partial charge on any atom is 0.305 e. The fourth-order valence-electron chi connectivity index (χ4n) is 5.98. The van der Waals surface area contributed by atoms with Crippen LogP contribution in [0, 0.1) is 17.8 Å². The molecule has 0 amide bonds. The predicted octanol–water partition coefficient (Wildman–Crippen LogP) is 6.80. The topological polar surface area (TPSA) is 134 Å². The number of ether oxygens (including phenoxy) is 2. The number of rotatable bonds is 27. The van der Waals surface area contributed by atoms with E-state index in [1.54, 1.807) is 6.08 Å². The first kappa shape index (κ1) is 40.5. The van der Waals surface area contributed by atoms with Gasteiger partial charge in [-0.1, -0.05) is 116 Å². The molecular formula is C36H66O8. The molecule has 7 atom stereocenters. The molecule has 1 fully saturated rings. The molecule has 0 radical (unpaired) electrons. The van der Waals surface area contributed by atoms with Gasteiger partial charge < -0.3 is 29.9 Å². The Morgan fingerprint density at radius 2 is 1.30 bits per heavy atom. The summed E-state index contributed by atoms with van der Waals surface area (Å²) in [5.41, 5.74) is 0. The Bertz CT molecular complexity index is 756. The van der Waals surface area contributed by atoms with E-state index in [1.807, 2.05) is 6.08 Å². The van der Waals surface area contributed by atoms with Crippen LogP contribution < -0.4 is 0 Å². The summed E-state index contributed by atoms with van der Waals surface area (Å²) in [6.07, 6.45) is 19.1. The van der Waals surface area contributed by atoms with Crippen LogP contribution in [0.4, 0.5) is 0 Å². The molecule has 1 rings (SSSR count). The smallest absolute Gasteiger partial charge is 0.305 e. The van der Waals surface area contributed by atoms with Crippen LogP contribution in [0.5, 0.6) is 0 Å². The highest BCUT2D eigenvalue weighted by Gasteiger charge is 2.39. The largest absolute Gasteiger partial charge is 0.463 e. The second-order valence-electron chi connectivity index (χ2n) is 13.2. The number of hydrogen-bond acceptors (Lipinski definition) is 8. The Morgan fingerprint density at radius 3 is 1.89 bits per heavy atom. The maximum atomic E-state index is 12.0. The Balaban J connectivity index is 2.08. The van der Waals surface area contributed by atoms with Gasteiger partial charge in [0.25, 0.3) is 0 Å². The number of carbonyl (C=O) groups excluding carboxylic acids is 2. The van der Waals surface area contributed by atoms with E-state index >= 15 is 0 Å². The van der Waals surface area contributed by atoms with Crippen LogP contribution in [0.25, 0.3) is 0 Å². The summed E-state index contributed by atoms with van der Waals surface area (Å²) >= 11 is 0. The minimum absolute atomic E-state index is 0.0289. The number of aliphatic hydroxyl groups is 4. The lowest BCUT2D eigenvalue weighted by atomic mass is 9.88. The third-order valence-corrected chi connectivity index (χ3v) is 9.14. The zero-order valence-corrected chi connectivity index (χ0v) is 28.2.